The first-order chi connectivity index (χ1) is 4.14. The van der Waals surface area contributed by atoms with Crippen molar-refractivity contribution in [3.05, 3.63) is 0 Å². The van der Waals surface area contributed by atoms with Crippen LogP contribution in [0.5, 0.6) is 0 Å². The maximum atomic E-state index is 12.3. The Morgan fingerprint density at radius 2 is 1.27 bits per heavy atom. The molecule has 0 aromatic heterocycles. The van der Waals surface area contributed by atoms with E-state index in [-0.39, 0.29) is 37.9 Å². The Hall–Kier alpha value is 0.360. The lowest BCUT2D eigenvalue weighted by molar-refractivity contribution is 0.0864. The summed E-state index contributed by atoms with van der Waals surface area (Å²) >= 11 is 0. The van der Waals surface area contributed by atoms with E-state index < -0.39 is 17.8 Å². The molecule has 2 atom stereocenters. The molecule has 0 spiro atoms. The van der Waals surface area contributed by atoms with E-state index in [1.165, 1.54) is 0 Å². The Bertz CT molecular complexity index is 111. The third-order valence-electron chi connectivity index (χ3n) is 1.87. The maximum absolute atomic E-state index is 12.3. The summed E-state index contributed by atoms with van der Waals surface area (Å²) in [5.74, 6) is -3.87. The number of hydrogen-bond donors (Lipinski definition) is 2. The summed E-state index contributed by atoms with van der Waals surface area (Å²) < 4.78 is 24.6. The molecule has 2 nitrogen and oxygen atoms in total. The van der Waals surface area contributed by atoms with Crippen LogP contribution in [-0.2, 0) is 0 Å². The van der Waals surface area contributed by atoms with E-state index in [2.05, 4.69) is 0 Å². The zero-order valence-corrected chi connectivity index (χ0v) is 7.43. The van der Waals surface area contributed by atoms with Gasteiger partial charge >= 0.3 is 0 Å². The predicted octanol–water partition coefficient (Wildman–Crippen LogP) is 0.629. The van der Waals surface area contributed by atoms with Crippen LogP contribution >= 0.6 is 24.8 Å². The number of halogens is 4. The third kappa shape index (κ3) is 2.15. The molecule has 0 heterocycles. The number of rotatable bonds is 2. The van der Waals surface area contributed by atoms with Crippen LogP contribution in [0.1, 0.15) is 0 Å². The van der Waals surface area contributed by atoms with Crippen LogP contribution in [0.15, 0.2) is 0 Å². The summed E-state index contributed by atoms with van der Waals surface area (Å²) in [4.78, 5) is 0. The SMILES string of the molecule is Cl.Cl.NC[C@@H]1[C@H](CN)C1(F)F. The molecule has 0 aliphatic heterocycles. The molecule has 1 fully saturated rings. The average Bonchev–Trinajstić information content (AvgIpc) is 2.32. The second kappa shape index (κ2) is 4.40. The fraction of sp³-hybridized carbons (Fsp3) is 1.00. The van der Waals surface area contributed by atoms with Gasteiger partial charge in [0, 0.05) is 24.9 Å². The van der Waals surface area contributed by atoms with E-state index >= 15 is 0 Å². The average molecular weight is 209 g/mol. The summed E-state index contributed by atoms with van der Waals surface area (Å²) in [5.41, 5.74) is 10.1. The van der Waals surface area contributed by atoms with Gasteiger partial charge in [0.1, 0.15) is 0 Å². The van der Waals surface area contributed by atoms with Crippen molar-refractivity contribution in [1.82, 2.24) is 0 Å². The third-order valence-corrected chi connectivity index (χ3v) is 1.87. The zero-order valence-electron chi connectivity index (χ0n) is 5.80. The van der Waals surface area contributed by atoms with E-state index in [0.29, 0.717) is 0 Å². The van der Waals surface area contributed by atoms with Crippen LogP contribution < -0.4 is 11.5 Å². The highest BCUT2D eigenvalue weighted by atomic mass is 35.5. The lowest BCUT2D eigenvalue weighted by atomic mass is 10.3. The molecule has 1 aliphatic carbocycles. The summed E-state index contributed by atoms with van der Waals surface area (Å²) in [7, 11) is 0. The minimum absolute atomic E-state index is 0. The summed E-state index contributed by atoms with van der Waals surface area (Å²) in [6, 6.07) is 0. The van der Waals surface area contributed by atoms with Gasteiger partial charge in [-0.3, -0.25) is 0 Å². The molecule has 0 aromatic carbocycles. The highest BCUT2D eigenvalue weighted by molar-refractivity contribution is 5.85. The summed E-state index contributed by atoms with van der Waals surface area (Å²) in [6.45, 7) is 0.101. The molecule has 1 saturated carbocycles. The van der Waals surface area contributed by atoms with E-state index in [0.717, 1.165) is 0 Å². The standard InChI is InChI=1S/C5H10F2N2.2ClH/c6-5(7)3(1-8)4(5)2-9;;/h3-4H,1-2,8-9H2;2*1H/t3-,4+;;. The highest BCUT2D eigenvalue weighted by Gasteiger charge is 2.66. The largest absolute Gasteiger partial charge is 0.330 e. The van der Waals surface area contributed by atoms with Crippen molar-refractivity contribution in [2.75, 3.05) is 13.1 Å². The van der Waals surface area contributed by atoms with Crippen molar-refractivity contribution >= 4 is 24.8 Å². The fourth-order valence-corrected chi connectivity index (χ4v) is 1.10. The normalized spacial score (nSPS) is 31.6. The van der Waals surface area contributed by atoms with Gasteiger partial charge in [0.05, 0.1) is 0 Å². The fourth-order valence-electron chi connectivity index (χ4n) is 1.10. The van der Waals surface area contributed by atoms with Crippen molar-refractivity contribution in [3.8, 4) is 0 Å². The minimum Gasteiger partial charge on any atom is -0.330 e. The minimum atomic E-state index is -2.57. The maximum Gasteiger partial charge on any atom is 0.257 e. The van der Waals surface area contributed by atoms with Gasteiger partial charge in [0.25, 0.3) is 5.92 Å². The summed E-state index contributed by atoms with van der Waals surface area (Å²) in [6.07, 6.45) is 0. The Balaban J connectivity index is 0. The Morgan fingerprint density at radius 1 is 1.00 bits per heavy atom. The first-order valence-electron chi connectivity index (χ1n) is 2.92. The van der Waals surface area contributed by atoms with Crippen LogP contribution in [0.4, 0.5) is 8.78 Å². The van der Waals surface area contributed by atoms with Gasteiger partial charge in [-0.15, -0.1) is 24.8 Å². The van der Waals surface area contributed by atoms with Crippen LogP contribution in [0.2, 0.25) is 0 Å². The van der Waals surface area contributed by atoms with Gasteiger partial charge in [-0.1, -0.05) is 0 Å². The Kier molecular flexibility index (Phi) is 5.57. The lowest BCUT2D eigenvalue weighted by Gasteiger charge is -1.88. The van der Waals surface area contributed by atoms with Crippen molar-refractivity contribution < 1.29 is 8.78 Å². The molecule has 0 bridgehead atoms. The zero-order chi connectivity index (χ0) is 7.07. The van der Waals surface area contributed by atoms with Crippen molar-refractivity contribution in [1.29, 1.82) is 0 Å². The smallest absolute Gasteiger partial charge is 0.257 e. The van der Waals surface area contributed by atoms with Gasteiger partial charge in [-0.25, -0.2) is 8.78 Å². The first kappa shape index (κ1) is 13.9. The van der Waals surface area contributed by atoms with Crippen LogP contribution in [-0.4, -0.2) is 19.0 Å². The van der Waals surface area contributed by atoms with Crippen molar-refractivity contribution in [3.63, 3.8) is 0 Å². The lowest BCUT2D eigenvalue weighted by Crippen LogP contribution is -2.08. The number of nitrogens with two attached hydrogens (primary N) is 2. The van der Waals surface area contributed by atoms with Crippen molar-refractivity contribution in [2.24, 2.45) is 23.3 Å². The van der Waals surface area contributed by atoms with Crippen LogP contribution in [0.3, 0.4) is 0 Å². The Morgan fingerprint density at radius 3 is 1.36 bits per heavy atom. The van der Waals surface area contributed by atoms with E-state index in [4.69, 9.17) is 11.5 Å². The van der Waals surface area contributed by atoms with Gasteiger partial charge in [0.2, 0.25) is 0 Å². The van der Waals surface area contributed by atoms with Gasteiger partial charge in [0.15, 0.2) is 0 Å². The molecule has 0 saturated heterocycles. The second-order valence-corrected chi connectivity index (χ2v) is 2.36. The molecular formula is C5H12Cl2F2N2. The second-order valence-electron chi connectivity index (χ2n) is 2.36. The molecule has 0 radical (unpaired) electrons. The number of alkyl halides is 2. The molecule has 1 aliphatic rings. The first-order valence-corrected chi connectivity index (χ1v) is 2.92. The molecule has 6 heteroatoms. The number of hydrogen-bond acceptors (Lipinski definition) is 2. The van der Waals surface area contributed by atoms with E-state index in [1.807, 2.05) is 0 Å². The van der Waals surface area contributed by atoms with Crippen LogP contribution in [0, 0.1) is 11.8 Å². The van der Waals surface area contributed by atoms with Crippen molar-refractivity contribution in [2.45, 2.75) is 5.92 Å². The van der Waals surface area contributed by atoms with Gasteiger partial charge < -0.3 is 11.5 Å². The molecule has 1 rings (SSSR count). The molecule has 11 heavy (non-hydrogen) atoms. The van der Waals surface area contributed by atoms with Gasteiger partial charge in [-0.2, -0.15) is 0 Å². The molecule has 0 unspecified atom stereocenters. The molecule has 4 N–H and O–H groups in total. The monoisotopic (exact) mass is 208 g/mol. The quantitative estimate of drug-likeness (QED) is 0.700. The molecule has 0 aromatic rings. The highest BCUT2D eigenvalue weighted by Crippen LogP contribution is 2.53. The predicted molar refractivity (Wildman–Crippen MR) is 44.5 cm³/mol. The molecule has 0 amide bonds. The molecule has 70 valence electrons. The van der Waals surface area contributed by atoms with E-state index in [9.17, 15) is 8.78 Å². The Labute approximate surface area is 76.5 Å². The van der Waals surface area contributed by atoms with Crippen LogP contribution in [0.25, 0.3) is 0 Å². The summed E-state index contributed by atoms with van der Waals surface area (Å²) in [5, 5.41) is 0. The topological polar surface area (TPSA) is 52.0 Å². The van der Waals surface area contributed by atoms with E-state index in [1.54, 1.807) is 0 Å². The molecular weight excluding hydrogens is 197 g/mol. The van der Waals surface area contributed by atoms with Gasteiger partial charge in [-0.05, 0) is 0 Å².